The van der Waals surface area contributed by atoms with Crippen LogP contribution in [0.5, 0.6) is 23.0 Å². The molecule has 0 aliphatic carbocycles. The average Bonchev–Trinajstić information content (AvgIpc) is 3.05. The maximum atomic E-state index is 12.7. The van der Waals surface area contributed by atoms with Gasteiger partial charge in [0.15, 0.2) is 0 Å². The quantitative estimate of drug-likeness (QED) is 0.0640. The largest absolute Gasteiger partial charge is 0.496 e. The maximum absolute atomic E-state index is 12.7. The van der Waals surface area contributed by atoms with Gasteiger partial charge in [-0.2, -0.15) is 0 Å². The van der Waals surface area contributed by atoms with E-state index in [-0.39, 0.29) is 46.0 Å². The molecule has 0 aliphatic heterocycles. The highest BCUT2D eigenvalue weighted by Crippen LogP contribution is 2.35. The minimum absolute atomic E-state index is 0.0782. The number of esters is 4. The van der Waals surface area contributed by atoms with E-state index in [4.69, 9.17) is 23.7 Å². The molecule has 3 aromatic carbocycles. The third kappa shape index (κ3) is 10.8. The topological polar surface area (TPSA) is 114 Å². The van der Waals surface area contributed by atoms with Crippen LogP contribution in [0.15, 0.2) is 109 Å². The van der Waals surface area contributed by atoms with Gasteiger partial charge in [-0.05, 0) is 82.7 Å². The molecule has 0 amide bonds. The lowest BCUT2D eigenvalue weighted by Crippen LogP contribution is -2.14. The Labute approximate surface area is 285 Å². The Morgan fingerprint density at radius 1 is 0.653 bits per heavy atom. The van der Waals surface area contributed by atoms with Gasteiger partial charge in [-0.1, -0.05) is 50.3 Å². The molecule has 3 rings (SSSR count). The van der Waals surface area contributed by atoms with Gasteiger partial charge in [-0.3, -0.25) is 0 Å². The Kier molecular flexibility index (Phi) is 12.8. The summed E-state index contributed by atoms with van der Waals surface area (Å²) < 4.78 is 27.6. The fraction of sp³-hybridized carbons (Fsp3) is 0.150. The standard InChI is InChI=1S/C40H36O9/c1-24(2)37(41)46-32-16-11-29(12-17-32)10-15-31-22-35(48-39(43)26(5)6)34(28(9)36(31)49-40(44)27(7)8)23-45-21-20-30-13-18-33(19-14-30)47-38(42)25(3)4/h11-14,16-22H,1,3,5,7,23H2,2,4,6,8-9H3/b21-20+. The van der Waals surface area contributed by atoms with Gasteiger partial charge in [0.25, 0.3) is 0 Å². The zero-order valence-electron chi connectivity index (χ0n) is 28.1. The minimum Gasteiger partial charge on any atom is -0.496 e. The van der Waals surface area contributed by atoms with Crippen LogP contribution < -0.4 is 18.9 Å². The molecule has 9 nitrogen and oxygen atoms in total. The van der Waals surface area contributed by atoms with E-state index >= 15 is 0 Å². The van der Waals surface area contributed by atoms with E-state index in [9.17, 15) is 19.2 Å². The molecular weight excluding hydrogens is 624 g/mol. The number of carbonyl (C=O) groups is 4. The minimum atomic E-state index is -0.675. The zero-order chi connectivity index (χ0) is 36.2. The molecule has 3 aromatic rings. The normalized spacial score (nSPS) is 10.2. The number of ether oxygens (including phenoxy) is 5. The number of hydrogen-bond acceptors (Lipinski definition) is 9. The first kappa shape index (κ1) is 37.1. The fourth-order valence-corrected chi connectivity index (χ4v) is 3.71. The first-order valence-electron chi connectivity index (χ1n) is 14.8. The molecule has 0 aliphatic rings. The molecule has 9 heteroatoms. The molecule has 49 heavy (non-hydrogen) atoms. The van der Waals surface area contributed by atoms with Crippen LogP contribution in [0.2, 0.25) is 0 Å². The van der Waals surface area contributed by atoms with Crippen molar-refractivity contribution < 1.29 is 42.9 Å². The predicted molar refractivity (Wildman–Crippen MR) is 186 cm³/mol. The van der Waals surface area contributed by atoms with Crippen LogP contribution in [0.4, 0.5) is 0 Å². The second kappa shape index (κ2) is 17.0. The lowest BCUT2D eigenvalue weighted by molar-refractivity contribution is -0.131. The molecule has 0 radical (unpaired) electrons. The van der Waals surface area contributed by atoms with E-state index in [0.29, 0.717) is 28.2 Å². The molecule has 0 heterocycles. The molecule has 0 unspecified atom stereocenters. The summed E-state index contributed by atoms with van der Waals surface area (Å²) in [5.41, 5.74) is 3.30. The second-order valence-corrected chi connectivity index (χ2v) is 11.0. The molecule has 0 aromatic heterocycles. The first-order chi connectivity index (χ1) is 23.2. The van der Waals surface area contributed by atoms with E-state index in [1.807, 2.05) is 0 Å². The molecule has 0 saturated carbocycles. The van der Waals surface area contributed by atoms with Crippen molar-refractivity contribution in [3.63, 3.8) is 0 Å². The number of rotatable bonds is 12. The van der Waals surface area contributed by atoms with Gasteiger partial charge in [-0.25, -0.2) is 19.2 Å². The predicted octanol–water partition coefficient (Wildman–Crippen LogP) is 7.51. The van der Waals surface area contributed by atoms with E-state index in [2.05, 4.69) is 38.2 Å². The Morgan fingerprint density at radius 2 is 1.12 bits per heavy atom. The highest BCUT2D eigenvalue weighted by atomic mass is 16.5. The summed E-state index contributed by atoms with van der Waals surface area (Å²) in [5.74, 6) is 4.51. The van der Waals surface area contributed by atoms with Crippen molar-refractivity contribution in [2.75, 3.05) is 0 Å². The van der Waals surface area contributed by atoms with E-state index < -0.39 is 23.9 Å². The van der Waals surface area contributed by atoms with Gasteiger partial charge in [-0.15, -0.1) is 0 Å². The Bertz CT molecular complexity index is 1930. The summed E-state index contributed by atoms with van der Waals surface area (Å²) in [6.07, 6.45) is 3.13. The lowest BCUT2D eigenvalue weighted by Gasteiger charge is -2.18. The molecule has 0 atom stereocenters. The molecule has 0 spiro atoms. The molecular formula is C40H36O9. The summed E-state index contributed by atoms with van der Waals surface area (Å²) in [7, 11) is 0. The SMILES string of the molecule is C=C(C)C(=O)Oc1ccc(C#Cc2cc(OC(=O)C(=C)C)c(CO/C=C/c3ccc(OC(=O)C(=C)C)cc3)c(C)c2OC(=O)C(=C)C)cc1. The highest BCUT2D eigenvalue weighted by molar-refractivity contribution is 5.91. The fourth-order valence-electron chi connectivity index (χ4n) is 3.71. The van der Waals surface area contributed by atoms with Crippen LogP contribution in [-0.4, -0.2) is 23.9 Å². The number of carbonyl (C=O) groups excluding carboxylic acids is 4. The van der Waals surface area contributed by atoms with Gasteiger partial charge < -0.3 is 23.7 Å². The molecule has 0 N–H and O–H groups in total. The van der Waals surface area contributed by atoms with Crippen LogP contribution in [0, 0.1) is 18.8 Å². The Hall–Kier alpha value is -6.40. The van der Waals surface area contributed by atoms with Crippen molar-refractivity contribution in [2.24, 2.45) is 0 Å². The Balaban J connectivity index is 1.97. The molecule has 250 valence electrons. The highest BCUT2D eigenvalue weighted by Gasteiger charge is 2.22. The summed E-state index contributed by atoms with van der Waals surface area (Å²) in [6.45, 7) is 22.2. The van der Waals surface area contributed by atoms with Crippen LogP contribution in [-0.2, 0) is 30.5 Å². The van der Waals surface area contributed by atoms with Gasteiger partial charge >= 0.3 is 23.9 Å². The van der Waals surface area contributed by atoms with Crippen molar-refractivity contribution >= 4 is 30.0 Å². The van der Waals surface area contributed by atoms with Crippen LogP contribution in [0.1, 0.15) is 55.5 Å². The third-order valence-corrected chi connectivity index (χ3v) is 6.48. The van der Waals surface area contributed by atoms with Crippen LogP contribution in [0.3, 0.4) is 0 Å². The van der Waals surface area contributed by atoms with Crippen molar-refractivity contribution in [1.29, 1.82) is 0 Å². The summed E-state index contributed by atoms with van der Waals surface area (Å²) in [6, 6.07) is 14.7. The second-order valence-electron chi connectivity index (χ2n) is 11.0. The van der Waals surface area contributed by atoms with Gasteiger partial charge in [0.05, 0.1) is 11.8 Å². The summed E-state index contributed by atoms with van der Waals surface area (Å²) in [5, 5.41) is 0. The van der Waals surface area contributed by atoms with E-state index in [1.54, 1.807) is 75.4 Å². The number of benzene rings is 3. The average molecular weight is 661 g/mol. The van der Waals surface area contributed by atoms with Gasteiger partial charge in [0, 0.05) is 45.0 Å². The molecule has 0 bridgehead atoms. The van der Waals surface area contributed by atoms with Crippen molar-refractivity contribution in [3.8, 4) is 34.8 Å². The van der Waals surface area contributed by atoms with Gasteiger partial charge in [0.2, 0.25) is 0 Å². The van der Waals surface area contributed by atoms with Crippen molar-refractivity contribution in [3.05, 3.63) is 137 Å². The first-order valence-corrected chi connectivity index (χ1v) is 14.8. The molecule has 0 fully saturated rings. The lowest BCUT2D eigenvalue weighted by atomic mass is 10.0. The molecule has 0 saturated heterocycles. The van der Waals surface area contributed by atoms with Crippen LogP contribution >= 0.6 is 0 Å². The van der Waals surface area contributed by atoms with E-state index in [0.717, 1.165) is 5.56 Å². The van der Waals surface area contributed by atoms with Gasteiger partial charge in [0.1, 0.15) is 29.6 Å². The summed E-state index contributed by atoms with van der Waals surface area (Å²) >= 11 is 0. The third-order valence-electron chi connectivity index (χ3n) is 6.48. The van der Waals surface area contributed by atoms with Crippen LogP contribution in [0.25, 0.3) is 6.08 Å². The smallest absolute Gasteiger partial charge is 0.338 e. The number of hydrogen-bond donors (Lipinski definition) is 0. The zero-order valence-corrected chi connectivity index (χ0v) is 28.1. The monoisotopic (exact) mass is 660 g/mol. The van der Waals surface area contributed by atoms with Crippen molar-refractivity contribution in [1.82, 2.24) is 0 Å². The van der Waals surface area contributed by atoms with E-state index in [1.165, 1.54) is 26.2 Å². The van der Waals surface area contributed by atoms with Crippen molar-refractivity contribution in [2.45, 2.75) is 41.2 Å². The summed E-state index contributed by atoms with van der Waals surface area (Å²) in [4.78, 5) is 48.9. The maximum Gasteiger partial charge on any atom is 0.338 e. The Morgan fingerprint density at radius 3 is 1.63 bits per heavy atom.